The van der Waals surface area contributed by atoms with E-state index in [1.807, 2.05) is 6.92 Å². The van der Waals surface area contributed by atoms with E-state index in [4.69, 9.17) is 4.42 Å². The van der Waals surface area contributed by atoms with Gasteiger partial charge in [0.25, 0.3) is 5.91 Å². The predicted molar refractivity (Wildman–Crippen MR) is 116 cm³/mol. The zero-order chi connectivity index (χ0) is 24.5. The quantitative estimate of drug-likeness (QED) is 0.563. The second-order valence-corrected chi connectivity index (χ2v) is 10.0. The van der Waals surface area contributed by atoms with E-state index in [-0.39, 0.29) is 33.8 Å². The van der Waals surface area contributed by atoms with Gasteiger partial charge in [0.1, 0.15) is 0 Å². The largest absolute Gasteiger partial charge is 0.416 e. The summed E-state index contributed by atoms with van der Waals surface area (Å²) in [5.74, 6) is -0.558. The first-order valence-electron chi connectivity index (χ1n) is 10.5. The number of amides is 1. The molecule has 8 nitrogen and oxygen atoms in total. The number of alkyl halides is 3. The van der Waals surface area contributed by atoms with Crippen LogP contribution in [0.25, 0.3) is 11.5 Å². The third-order valence-corrected chi connectivity index (χ3v) is 7.34. The summed E-state index contributed by atoms with van der Waals surface area (Å²) in [6, 6.07) is 9.48. The fraction of sp³-hybridized carbons (Fsp3) is 0.318. The van der Waals surface area contributed by atoms with Crippen LogP contribution in [0, 0.1) is 5.92 Å². The van der Waals surface area contributed by atoms with E-state index in [9.17, 15) is 26.4 Å². The second-order valence-electron chi connectivity index (χ2n) is 8.08. The number of nitrogens with one attached hydrogen (secondary N) is 1. The van der Waals surface area contributed by atoms with Gasteiger partial charge in [-0.05, 0) is 61.2 Å². The molecule has 2 aromatic carbocycles. The molecule has 1 aliphatic rings. The first kappa shape index (κ1) is 23.9. The van der Waals surface area contributed by atoms with E-state index in [0.29, 0.717) is 13.1 Å². The molecule has 12 heteroatoms. The van der Waals surface area contributed by atoms with Crippen molar-refractivity contribution in [3.8, 4) is 11.5 Å². The first-order valence-corrected chi connectivity index (χ1v) is 11.9. The Morgan fingerprint density at radius 2 is 1.88 bits per heavy atom. The molecule has 0 bridgehead atoms. The smallest absolute Gasteiger partial charge is 0.403 e. The van der Waals surface area contributed by atoms with Crippen molar-refractivity contribution in [3.05, 3.63) is 59.7 Å². The summed E-state index contributed by atoms with van der Waals surface area (Å²) in [7, 11) is -3.66. The topological polar surface area (TPSA) is 105 Å². The average molecular weight is 494 g/mol. The number of rotatable bonds is 5. The fourth-order valence-corrected chi connectivity index (χ4v) is 5.28. The van der Waals surface area contributed by atoms with Gasteiger partial charge in [0, 0.05) is 24.2 Å². The Morgan fingerprint density at radius 3 is 2.56 bits per heavy atom. The minimum absolute atomic E-state index is 0.0458. The van der Waals surface area contributed by atoms with Crippen molar-refractivity contribution in [1.82, 2.24) is 14.5 Å². The monoisotopic (exact) mass is 494 g/mol. The Morgan fingerprint density at radius 1 is 1.15 bits per heavy atom. The molecule has 1 atom stereocenters. The van der Waals surface area contributed by atoms with Crippen molar-refractivity contribution in [3.63, 3.8) is 0 Å². The van der Waals surface area contributed by atoms with Crippen LogP contribution in [0.4, 0.5) is 19.2 Å². The number of carbonyl (C=O) groups excluding carboxylic acids is 1. The Kier molecular flexibility index (Phi) is 6.45. The van der Waals surface area contributed by atoms with E-state index in [2.05, 4.69) is 15.5 Å². The lowest BCUT2D eigenvalue weighted by atomic mass is 10.0. The van der Waals surface area contributed by atoms with Crippen LogP contribution in [0.1, 0.15) is 35.7 Å². The summed E-state index contributed by atoms with van der Waals surface area (Å²) in [5, 5.41) is 9.68. The molecule has 2 heterocycles. The number of hydrogen-bond acceptors (Lipinski definition) is 6. The van der Waals surface area contributed by atoms with Crippen LogP contribution in [-0.2, 0) is 16.2 Å². The summed E-state index contributed by atoms with van der Waals surface area (Å²) in [4.78, 5) is 12.6. The molecule has 1 saturated heterocycles. The zero-order valence-corrected chi connectivity index (χ0v) is 18.9. The molecule has 1 N–H and O–H groups in total. The Bertz CT molecular complexity index is 1290. The van der Waals surface area contributed by atoms with E-state index < -0.39 is 27.7 Å². The summed E-state index contributed by atoms with van der Waals surface area (Å²) in [6.45, 7) is 2.92. The van der Waals surface area contributed by atoms with E-state index >= 15 is 0 Å². The van der Waals surface area contributed by atoms with E-state index in [0.717, 1.165) is 25.0 Å². The molecule has 0 spiro atoms. The molecular weight excluding hydrogens is 473 g/mol. The number of benzene rings is 2. The van der Waals surface area contributed by atoms with Gasteiger partial charge >= 0.3 is 12.2 Å². The van der Waals surface area contributed by atoms with Crippen molar-refractivity contribution in [2.24, 2.45) is 5.92 Å². The predicted octanol–water partition coefficient (Wildman–Crippen LogP) is 4.43. The lowest BCUT2D eigenvalue weighted by Crippen LogP contribution is -2.39. The summed E-state index contributed by atoms with van der Waals surface area (Å²) >= 11 is 0. The molecule has 0 unspecified atom stereocenters. The standard InChI is InChI=1S/C22H21F3N4O4S/c1-14-4-3-11-29(13-14)34(31,32)18-9-7-15(8-10-18)19(30)26-21-28-27-20(33-21)16-5-2-6-17(12-16)22(23,24)25/h2,5-10,12,14H,3-4,11,13H2,1H3,(H,26,28,30)/t14-/m0/s1. The maximum Gasteiger partial charge on any atom is 0.416 e. The molecule has 1 aromatic heterocycles. The van der Waals surface area contributed by atoms with Crippen molar-refractivity contribution < 1.29 is 30.8 Å². The van der Waals surface area contributed by atoms with Gasteiger partial charge in [-0.3, -0.25) is 10.1 Å². The summed E-state index contributed by atoms with van der Waals surface area (Å²) in [5.41, 5.74) is -0.683. The molecule has 0 aliphatic carbocycles. The van der Waals surface area contributed by atoms with Gasteiger partial charge in [0.05, 0.1) is 10.5 Å². The Balaban J connectivity index is 1.45. The highest BCUT2D eigenvalue weighted by Gasteiger charge is 2.31. The number of nitrogens with zero attached hydrogens (tertiary/aromatic N) is 3. The second kappa shape index (κ2) is 9.18. The molecular formula is C22H21F3N4O4S. The molecule has 1 fully saturated rings. The molecule has 180 valence electrons. The van der Waals surface area contributed by atoms with Crippen LogP contribution in [0.3, 0.4) is 0 Å². The average Bonchev–Trinajstić information content (AvgIpc) is 3.27. The van der Waals surface area contributed by atoms with Gasteiger partial charge in [-0.1, -0.05) is 18.1 Å². The fourth-order valence-electron chi connectivity index (χ4n) is 3.68. The molecule has 1 aliphatic heterocycles. The summed E-state index contributed by atoms with van der Waals surface area (Å²) < 4.78 is 71.2. The van der Waals surface area contributed by atoms with Gasteiger partial charge in [0.2, 0.25) is 15.9 Å². The molecule has 0 radical (unpaired) electrons. The number of aromatic nitrogens is 2. The van der Waals surface area contributed by atoms with Gasteiger partial charge in [0.15, 0.2) is 0 Å². The highest BCUT2D eigenvalue weighted by molar-refractivity contribution is 7.89. The number of sulfonamides is 1. The minimum Gasteiger partial charge on any atom is -0.403 e. The molecule has 34 heavy (non-hydrogen) atoms. The van der Waals surface area contributed by atoms with Crippen LogP contribution in [0.15, 0.2) is 57.8 Å². The number of anilines is 1. The van der Waals surface area contributed by atoms with Crippen molar-refractivity contribution in [2.75, 3.05) is 18.4 Å². The normalized spacial score (nSPS) is 17.5. The Labute approximate surface area is 193 Å². The number of hydrogen-bond donors (Lipinski definition) is 1. The molecule has 1 amide bonds. The minimum atomic E-state index is -4.53. The van der Waals surface area contributed by atoms with Crippen molar-refractivity contribution in [1.29, 1.82) is 0 Å². The number of carbonyl (C=O) groups is 1. The molecule has 3 aromatic rings. The lowest BCUT2D eigenvalue weighted by molar-refractivity contribution is -0.137. The maximum atomic E-state index is 12.9. The van der Waals surface area contributed by atoms with Crippen LogP contribution in [-0.4, -0.2) is 41.9 Å². The Hall–Kier alpha value is -3.25. The highest BCUT2D eigenvalue weighted by Crippen LogP contribution is 2.32. The van der Waals surface area contributed by atoms with Crippen LogP contribution in [0.2, 0.25) is 0 Å². The third-order valence-electron chi connectivity index (χ3n) is 5.46. The van der Waals surface area contributed by atoms with Crippen LogP contribution >= 0.6 is 0 Å². The SMILES string of the molecule is C[C@H]1CCCN(S(=O)(=O)c2ccc(C(=O)Nc3nnc(-c4cccc(C(F)(F)F)c4)o3)cc2)C1. The first-order chi connectivity index (χ1) is 16.0. The third kappa shape index (κ3) is 5.12. The van der Waals surface area contributed by atoms with Gasteiger partial charge in [-0.2, -0.15) is 17.5 Å². The number of halogens is 3. The van der Waals surface area contributed by atoms with Gasteiger partial charge < -0.3 is 4.42 Å². The zero-order valence-electron chi connectivity index (χ0n) is 18.0. The van der Waals surface area contributed by atoms with E-state index in [1.165, 1.54) is 40.7 Å². The van der Waals surface area contributed by atoms with E-state index in [1.54, 1.807) is 0 Å². The van der Waals surface area contributed by atoms with Gasteiger partial charge in [-0.25, -0.2) is 8.42 Å². The van der Waals surface area contributed by atoms with Crippen LogP contribution in [0.5, 0.6) is 0 Å². The maximum absolute atomic E-state index is 12.9. The van der Waals surface area contributed by atoms with Gasteiger partial charge in [-0.15, -0.1) is 5.10 Å². The van der Waals surface area contributed by atoms with Crippen molar-refractivity contribution in [2.45, 2.75) is 30.8 Å². The van der Waals surface area contributed by atoms with Crippen LogP contribution < -0.4 is 5.32 Å². The lowest BCUT2D eigenvalue weighted by Gasteiger charge is -2.30. The molecule has 0 saturated carbocycles. The molecule has 4 rings (SSSR count). The number of piperidine rings is 1. The summed E-state index contributed by atoms with van der Waals surface area (Å²) in [6.07, 6.45) is -2.75. The highest BCUT2D eigenvalue weighted by atomic mass is 32.2. The van der Waals surface area contributed by atoms with Crippen molar-refractivity contribution >= 4 is 21.9 Å².